The summed E-state index contributed by atoms with van der Waals surface area (Å²) >= 11 is 6.84. The lowest BCUT2D eigenvalue weighted by atomic mass is 10.1. The van der Waals surface area contributed by atoms with Crippen molar-refractivity contribution < 1.29 is 13.2 Å². The summed E-state index contributed by atoms with van der Waals surface area (Å²) in [6.07, 6.45) is -4.45. The first-order chi connectivity index (χ1) is 12.8. The summed E-state index contributed by atoms with van der Waals surface area (Å²) < 4.78 is 40.5. The lowest BCUT2D eigenvalue weighted by Gasteiger charge is -2.26. The molecule has 0 atom stereocenters. The van der Waals surface area contributed by atoms with Gasteiger partial charge in [0, 0.05) is 26.0 Å². The number of hydrogen-bond donors (Lipinski definition) is 0. The monoisotopic (exact) mass is 495 g/mol. The van der Waals surface area contributed by atoms with E-state index >= 15 is 0 Å². The van der Waals surface area contributed by atoms with Gasteiger partial charge in [0.1, 0.15) is 0 Å². The number of alkyl halides is 3. The normalized spacial score (nSPS) is 11.3. The van der Waals surface area contributed by atoms with Gasteiger partial charge in [-0.15, -0.1) is 0 Å². The van der Waals surface area contributed by atoms with E-state index in [1.807, 2.05) is 53.4 Å². The van der Waals surface area contributed by atoms with Crippen molar-refractivity contribution >= 4 is 54.5 Å². The molecular formula is C21H14Br2F3N. The minimum absolute atomic E-state index is 0.0535. The molecule has 1 nitrogen and oxygen atoms in total. The van der Waals surface area contributed by atoms with E-state index in [1.54, 1.807) is 12.1 Å². The number of halogens is 5. The van der Waals surface area contributed by atoms with Gasteiger partial charge in [-0.2, -0.15) is 13.2 Å². The van der Waals surface area contributed by atoms with Crippen LogP contribution in [0.15, 0.2) is 88.3 Å². The molecule has 3 aromatic carbocycles. The maximum absolute atomic E-state index is 12.9. The van der Waals surface area contributed by atoms with Gasteiger partial charge in [-0.25, -0.2) is 0 Å². The van der Waals surface area contributed by atoms with E-state index in [9.17, 15) is 13.2 Å². The molecule has 0 radical (unpaired) electrons. The van der Waals surface area contributed by atoms with Crippen LogP contribution < -0.4 is 4.90 Å². The summed E-state index contributed by atoms with van der Waals surface area (Å²) in [5.74, 6) is 0. The van der Waals surface area contributed by atoms with Crippen molar-refractivity contribution in [2.75, 3.05) is 4.90 Å². The smallest absolute Gasteiger partial charge is 0.311 e. The number of anilines is 3. The molecule has 3 rings (SSSR count). The Morgan fingerprint density at radius 2 is 1.00 bits per heavy atom. The van der Waals surface area contributed by atoms with Gasteiger partial charge in [-0.1, -0.05) is 50.6 Å². The second-order valence-electron chi connectivity index (χ2n) is 5.81. The molecule has 0 aliphatic rings. The van der Waals surface area contributed by atoms with Crippen LogP contribution in [0, 0.1) is 0 Å². The Morgan fingerprint density at radius 3 is 1.33 bits per heavy atom. The number of allylic oxidation sites excluding steroid dienone is 1. The molecule has 0 saturated heterocycles. The Hall–Kier alpha value is -2.05. The third-order valence-electron chi connectivity index (χ3n) is 3.99. The fourth-order valence-corrected chi connectivity index (χ4v) is 3.13. The summed E-state index contributed by atoms with van der Waals surface area (Å²) in [4.78, 5) is 1.97. The molecule has 0 aliphatic heterocycles. The molecule has 0 N–H and O–H groups in total. The fraction of sp³-hybridized carbons (Fsp3) is 0.0476. The molecule has 0 bridgehead atoms. The maximum atomic E-state index is 12.9. The Bertz CT molecular complexity index is 886. The summed E-state index contributed by atoms with van der Waals surface area (Å²) in [6, 6.07) is 21.6. The van der Waals surface area contributed by atoms with Crippen LogP contribution in [0.5, 0.6) is 0 Å². The summed E-state index contributed by atoms with van der Waals surface area (Å²) in [6.45, 7) is 3.16. The quantitative estimate of drug-likeness (QED) is 0.351. The van der Waals surface area contributed by atoms with E-state index in [0.29, 0.717) is 0 Å². The fourth-order valence-electron chi connectivity index (χ4n) is 2.60. The molecule has 0 heterocycles. The molecule has 6 heteroatoms. The molecule has 0 saturated carbocycles. The van der Waals surface area contributed by atoms with E-state index < -0.39 is 11.7 Å². The molecule has 3 aromatic rings. The standard InChI is InChI=1S/C21H14Br2F3N/c1-14(21(24,25)26)15-2-8-18(9-3-15)27(19-10-4-16(22)5-11-19)20-12-6-17(23)7-13-20/h2-13H,1H2. The Labute approximate surface area is 172 Å². The van der Waals surface area contributed by atoms with Gasteiger partial charge in [0.15, 0.2) is 0 Å². The minimum Gasteiger partial charge on any atom is -0.311 e. The van der Waals surface area contributed by atoms with Crippen molar-refractivity contribution in [2.24, 2.45) is 0 Å². The molecule has 0 aromatic heterocycles. The zero-order chi connectivity index (χ0) is 19.6. The second kappa shape index (κ2) is 7.90. The predicted molar refractivity (Wildman–Crippen MR) is 112 cm³/mol. The summed E-state index contributed by atoms with van der Waals surface area (Å²) in [5.41, 5.74) is 1.73. The van der Waals surface area contributed by atoms with Crippen molar-refractivity contribution in [1.82, 2.24) is 0 Å². The van der Waals surface area contributed by atoms with Gasteiger partial charge in [-0.05, 0) is 66.2 Å². The van der Waals surface area contributed by atoms with Crippen LogP contribution in [0.3, 0.4) is 0 Å². The number of rotatable bonds is 4. The second-order valence-corrected chi connectivity index (χ2v) is 7.64. The van der Waals surface area contributed by atoms with Gasteiger partial charge in [0.25, 0.3) is 0 Å². The molecule has 0 unspecified atom stereocenters. The summed E-state index contributed by atoms with van der Waals surface area (Å²) in [5, 5.41) is 0. The Balaban J connectivity index is 2.04. The third kappa shape index (κ3) is 4.62. The van der Waals surface area contributed by atoms with Crippen LogP contribution in [0.4, 0.5) is 30.2 Å². The third-order valence-corrected chi connectivity index (χ3v) is 5.04. The van der Waals surface area contributed by atoms with Crippen molar-refractivity contribution in [3.63, 3.8) is 0 Å². The lowest BCUT2D eigenvalue weighted by Crippen LogP contribution is -2.11. The van der Waals surface area contributed by atoms with E-state index in [0.717, 1.165) is 26.0 Å². The highest BCUT2D eigenvalue weighted by atomic mass is 79.9. The van der Waals surface area contributed by atoms with E-state index in [-0.39, 0.29) is 5.56 Å². The van der Waals surface area contributed by atoms with Crippen molar-refractivity contribution in [3.8, 4) is 0 Å². The highest BCUT2D eigenvalue weighted by molar-refractivity contribution is 9.10. The highest BCUT2D eigenvalue weighted by Crippen LogP contribution is 2.37. The SMILES string of the molecule is C=C(c1ccc(N(c2ccc(Br)cc2)c2ccc(Br)cc2)cc1)C(F)(F)F. The molecule has 27 heavy (non-hydrogen) atoms. The van der Waals surface area contributed by atoms with Gasteiger partial charge in [-0.3, -0.25) is 0 Å². The number of hydrogen-bond acceptors (Lipinski definition) is 1. The number of nitrogens with zero attached hydrogens (tertiary/aromatic N) is 1. The molecule has 138 valence electrons. The van der Waals surface area contributed by atoms with Crippen molar-refractivity contribution in [1.29, 1.82) is 0 Å². The molecular weight excluding hydrogens is 483 g/mol. The van der Waals surface area contributed by atoms with Crippen LogP contribution in [0.1, 0.15) is 5.56 Å². The first-order valence-corrected chi connectivity index (χ1v) is 9.52. The van der Waals surface area contributed by atoms with Crippen molar-refractivity contribution in [3.05, 3.63) is 93.9 Å². The maximum Gasteiger partial charge on any atom is 0.416 e. The molecule has 0 amide bonds. The van der Waals surface area contributed by atoms with E-state index in [2.05, 4.69) is 38.4 Å². The molecule has 0 aliphatic carbocycles. The first kappa shape index (κ1) is 19.7. The lowest BCUT2D eigenvalue weighted by molar-refractivity contribution is -0.0686. The summed E-state index contributed by atoms with van der Waals surface area (Å²) in [7, 11) is 0. The predicted octanol–water partition coefficient (Wildman–Crippen LogP) is 8.26. The van der Waals surface area contributed by atoms with Gasteiger partial charge >= 0.3 is 6.18 Å². The van der Waals surface area contributed by atoms with Crippen LogP contribution in [0.25, 0.3) is 5.57 Å². The van der Waals surface area contributed by atoms with E-state index in [4.69, 9.17) is 0 Å². The zero-order valence-electron chi connectivity index (χ0n) is 14.0. The van der Waals surface area contributed by atoms with Crippen molar-refractivity contribution in [2.45, 2.75) is 6.18 Å². The van der Waals surface area contributed by atoms with Crippen LogP contribution in [-0.2, 0) is 0 Å². The first-order valence-electron chi connectivity index (χ1n) is 7.93. The topological polar surface area (TPSA) is 3.24 Å². The largest absolute Gasteiger partial charge is 0.416 e. The average Bonchev–Trinajstić information content (AvgIpc) is 2.64. The van der Waals surface area contributed by atoms with Gasteiger partial charge < -0.3 is 4.90 Å². The van der Waals surface area contributed by atoms with Gasteiger partial charge in [0.05, 0.1) is 5.57 Å². The average molecular weight is 497 g/mol. The highest BCUT2D eigenvalue weighted by Gasteiger charge is 2.32. The van der Waals surface area contributed by atoms with Crippen LogP contribution in [0.2, 0.25) is 0 Å². The zero-order valence-corrected chi connectivity index (χ0v) is 17.1. The Kier molecular flexibility index (Phi) is 5.77. The molecule has 0 fully saturated rings. The van der Waals surface area contributed by atoms with Gasteiger partial charge in [0.2, 0.25) is 0 Å². The van der Waals surface area contributed by atoms with Crippen LogP contribution in [-0.4, -0.2) is 6.18 Å². The molecule has 0 spiro atoms. The minimum atomic E-state index is -4.45. The Morgan fingerprint density at radius 1 is 0.667 bits per heavy atom. The van der Waals surface area contributed by atoms with E-state index in [1.165, 1.54) is 12.1 Å². The van der Waals surface area contributed by atoms with Crippen LogP contribution >= 0.6 is 31.9 Å². The number of benzene rings is 3.